The molecule has 2 saturated heterocycles. The maximum absolute atomic E-state index is 11.3. The third-order valence-electron chi connectivity index (χ3n) is 4.71. The van der Waals surface area contributed by atoms with Gasteiger partial charge in [0.25, 0.3) is 0 Å². The second kappa shape index (κ2) is 7.05. The topological polar surface area (TPSA) is 44.4 Å². The van der Waals surface area contributed by atoms with Crippen LogP contribution in [-0.2, 0) is 4.79 Å². The molecule has 0 radical (unpaired) electrons. The zero-order valence-corrected chi connectivity index (χ0v) is 14.8. The highest BCUT2D eigenvalue weighted by Crippen LogP contribution is 2.34. The lowest BCUT2D eigenvalue weighted by Gasteiger charge is -2.50. The van der Waals surface area contributed by atoms with E-state index in [1.54, 1.807) is 6.92 Å². The molecule has 2 fully saturated rings. The molecule has 1 aromatic carbocycles. The number of carbonyl (C=O) groups is 1. The van der Waals surface area contributed by atoms with E-state index >= 15 is 0 Å². The molecule has 2 aliphatic heterocycles. The number of amides is 1. The summed E-state index contributed by atoms with van der Waals surface area (Å²) in [5.74, 6) is 0.0587. The second-order valence-electron chi connectivity index (χ2n) is 6.45. The van der Waals surface area contributed by atoms with Gasteiger partial charge < -0.3 is 15.5 Å². The molecule has 4 nitrogen and oxygen atoms in total. The first kappa shape index (κ1) is 16.5. The quantitative estimate of drug-likeness (QED) is 0.800. The van der Waals surface area contributed by atoms with Crippen LogP contribution in [0, 0.1) is 0 Å². The van der Waals surface area contributed by atoms with Gasteiger partial charge in [0.1, 0.15) is 0 Å². The Morgan fingerprint density at radius 3 is 2.39 bits per heavy atom. The van der Waals surface area contributed by atoms with Gasteiger partial charge in [-0.05, 0) is 68.6 Å². The summed E-state index contributed by atoms with van der Waals surface area (Å²) in [5, 5.41) is 7.91. The van der Waals surface area contributed by atoms with E-state index in [1.165, 1.54) is 6.42 Å². The van der Waals surface area contributed by atoms with Crippen LogP contribution in [0.5, 0.6) is 0 Å². The molecule has 0 aromatic heterocycles. The van der Waals surface area contributed by atoms with Crippen molar-refractivity contribution in [3.8, 4) is 0 Å². The lowest BCUT2D eigenvalue weighted by atomic mass is 9.82. The van der Waals surface area contributed by atoms with Crippen molar-refractivity contribution in [2.45, 2.75) is 57.2 Å². The minimum Gasteiger partial charge on any atom is -0.353 e. The number of carbonyl (C=O) groups excluding carboxylic acids is 1. The van der Waals surface area contributed by atoms with Crippen molar-refractivity contribution in [1.82, 2.24) is 10.2 Å². The molecule has 1 amide bonds. The third-order valence-corrected chi connectivity index (χ3v) is 5.28. The van der Waals surface area contributed by atoms with Gasteiger partial charge in [-0.3, -0.25) is 4.79 Å². The number of anilines is 1. The Labute approximate surface area is 147 Å². The number of fused-ring (bicyclic) bond motifs is 2. The van der Waals surface area contributed by atoms with Gasteiger partial charge in [0.05, 0.1) is 0 Å². The molecule has 2 heterocycles. The zero-order chi connectivity index (χ0) is 16.4. The van der Waals surface area contributed by atoms with Crippen molar-refractivity contribution in [1.29, 1.82) is 0 Å². The minimum absolute atomic E-state index is 0.0587. The first-order chi connectivity index (χ1) is 11.0. The first-order valence-corrected chi connectivity index (χ1v) is 8.93. The van der Waals surface area contributed by atoms with E-state index in [0.29, 0.717) is 12.1 Å². The fourth-order valence-corrected chi connectivity index (χ4v) is 4.38. The molecule has 0 aliphatic carbocycles. The van der Waals surface area contributed by atoms with Crippen molar-refractivity contribution in [3.63, 3.8) is 0 Å². The maximum Gasteiger partial charge on any atom is 0.217 e. The van der Waals surface area contributed by atoms with Gasteiger partial charge in [-0.1, -0.05) is 11.6 Å². The van der Waals surface area contributed by atoms with Crippen LogP contribution < -0.4 is 10.6 Å². The summed E-state index contributed by atoms with van der Waals surface area (Å²) in [4.78, 5) is 13.7. The predicted octanol–water partition coefficient (Wildman–Crippen LogP) is 3.56. The van der Waals surface area contributed by atoms with Crippen molar-refractivity contribution in [3.05, 3.63) is 29.3 Å². The number of nitrogens with zero attached hydrogens (tertiary/aromatic N) is 1. The number of nitrogens with one attached hydrogen (secondary N) is 2. The van der Waals surface area contributed by atoms with E-state index in [1.807, 2.05) is 24.3 Å². The van der Waals surface area contributed by atoms with E-state index < -0.39 is 0 Å². The number of benzene rings is 1. The average Bonchev–Trinajstić information content (AvgIpc) is 2.48. The molecule has 2 atom stereocenters. The van der Waals surface area contributed by atoms with Gasteiger partial charge in [0.2, 0.25) is 5.91 Å². The van der Waals surface area contributed by atoms with Crippen LogP contribution in [0.4, 0.5) is 5.69 Å². The van der Waals surface area contributed by atoms with Gasteiger partial charge in [0.15, 0.2) is 5.11 Å². The SMILES string of the molecule is CC(=O)NC1CC2CCCC(C1)N2C(=S)Nc1ccc(Cl)cc1. The smallest absolute Gasteiger partial charge is 0.217 e. The van der Waals surface area contributed by atoms with Gasteiger partial charge in [0, 0.05) is 35.8 Å². The molecular weight excluding hydrogens is 330 g/mol. The molecular formula is C17H22ClN3OS. The molecule has 124 valence electrons. The van der Waals surface area contributed by atoms with Crippen LogP contribution in [0.1, 0.15) is 39.0 Å². The monoisotopic (exact) mass is 351 g/mol. The maximum atomic E-state index is 11.3. The lowest BCUT2D eigenvalue weighted by molar-refractivity contribution is -0.120. The molecule has 2 bridgehead atoms. The summed E-state index contributed by atoms with van der Waals surface area (Å²) in [5.41, 5.74) is 0.960. The van der Waals surface area contributed by atoms with Gasteiger partial charge in [-0.2, -0.15) is 0 Å². The Morgan fingerprint density at radius 2 is 1.83 bits per heavy atom. The van der Waals surface area contributed by atoms with Gasteiger partial charge in [-0.15, -0.1) is 0 Å². The Kier molecular flexibility index (Phi) is 5.07. The number of hydrogen-bond acceptors (Lipinski definition) is 2. The molecule has 2 N–H and O–H groups in total. The predicted molar refractivity (Wildman–Crippen MR) is 97.8 cm³/mol. The van der Waals surface area contributed by atoms with Crippen molar-refractivity contribution >= 4 is 40.5 Å². The minimum atomic E-state index is 0.0587. The molecule has 3 rings (SSSR count). The number of thiocarbonyl (C=S) groups is 1. The molecule has 2 aliphatic rings. The standard InChI is InChI=1S/C17H22ClN3OS/c1-11(22)19-14-9-15-3-2-4-16(10-14)21(15)17(23)20-13-7-5-12(18)6-8-13/h5-8,14-16H,2-4,9-10H2,1H3,(H,19,22)(H,20,23). The summed E-state index contributed by atoms with van der Waals surface area (Å²) < 4.78 is 0. The highest BCUT2D eigenvalue weighted by Gasteiger charge is 2.39. The molecule has 23 heavy (non-hydrogen) atoms. The summed E-state index contributed by atoms with van der Waals surface area (Å²) in [7, 11) is 0. The summed E-state index contributed by atoms with van der Waals surface area (Å²) in [6.45, 7) is 1.59. The lowest BCUT2D eigenvalue weighted by Crippen LogP contribution is -2.59. The molecule has 2 unspecified atom stereocenters. The summed E-state index contributed by atoms with van der Waals surface area (Å²) in [6, 6.07) is 8.69. The third kappa shape index (κ3) is 3.96. The molecule has 6 heteroatoms. The number of halogens is 1. The number of rotatable bonds is 2. The van der Waals surface area contributed by atoms with E-state index in [9.17, 15) is 4.79 Å². The van der Waals surface area contributed by atoms with Crippen molar-refractivity contribution in [2.75, 3.05) is 5.32 Å². The van der Waals surface area contributed by atoms with Gasteiger partial charge >= 0.3 is 0 Å². The summed E-state index contributed by atoms with van der Waals surface area (Å²) in [6.07, 6.45) is 5.45. The van der Waals surface area contributed by atoms with Crippen LogP contribution in [0.15, 0.2) is 24.3 Å². The van der Waals surface area contributed by atoms with Crippen LogP contribution in [0.25, 0.3) is 0 Å². The van der Waals surface area contributed by atoms with Gasteiger partial charge in [-0.25, -0.2) is 0 Å². The van der Waals surface area contributed by atoms with E-state index in [4.69, 9.17) is 23.8 Å². The normalized spacial score (nSPS) is 26.5. The fourth-order valence-electron chi connectivity index (χ4n) is 3.84. The molecule has 0 saturated carbocycles. The van der Waals surface area contributed by atoms with Crippen LogP contribution in [-0.4, -0.2) is 34.0 Å². The van der Waals surface area contributed by atoms with Crippen LogP contribution in [0.3, 0.4) is 0 Å². The van der Waals surface area contributed by atoms with E-state index in [0.717, 1.165) is 41.5 Å². The highest BCUT2D eigenvalue weighted by atomic mass is 35.5. The van der Waals surface area contributed by atoms with Crippen molar-refractivity contribution in [2.24, 2.45) is 0 Å². The Bertz CT molecular complexity index is 578. The number of piperidine rings is 2. The Morgan fingerprint density at radius 1 is 1.22 bits per heavy atom. The van der Waals surface area contributed by atoms with E-state index in [-0.39, 0.29) is 11.9 Å². The summed E-state index contributed by atoms with van der Waals surface area (Å²) >= 11 is 11.6. The first-order valence-electron chi connectivity index (χ1n) is 8.15. The second-order valence-corrected chi connectivity index (χ2v) is 7.27. The van der Waals surface area contributed by atoms with Crippen LogP contribution in [0.2, 0.25) is 5.02 Å². The fraction of sp³-hybridized carbons (Fsp3) is 0.529. The highest BCUT2D eigenvalue weighted by molar-refractivity contribution is 7.80. The Hall–Kier alpha value is -1.33. The van der Waals surface area contributed by atoms with Crippen LogP contribution >= 0.6 is 23.8 Å². The zero-order valence-electron chi connectivity index (χ0n) is 13.2. The molecule has 0 spiro atoms. The Balaban J connectivity index is 1.68. The average molecular weight is 352 g/mol. The van der Waals surface area contributed by atoms with Crippen molar-refractivity contribution < 1.29 is 4.79 Å². The molecule has 1 aromatic rings. The largest absolute Gasteiger partial charge is 0.353 e. The van der Waals surface area contributed by atoms with E-state index in [2.05, 4.69) is 15.5 Å². The number of hydrogen-bond donors (Lipinski definition) is 2.